The van der Waals surface area contributed by atoms with Gasteiger partial charge in [-0.2, -0.15) is 0 Å². The van der Waals surface area contributed by atoms with Gasteiger partial charge >= 0.3 is 6.03 Å². The van der Waals surface area contributed by atoms with Gasteiger partial charge in [-0.25, -0.2) is 4.79 Å². The molecule has 2 aromatic rings. The van der Waals surface area contributed by atoms with E-state index < -0.39 is 11.9 Å². The first-order valence-corrected chi connectivity index (χ1v) is 6.47. The zero-order chi connectivity index (χ0) is 16.3. The molecule has 22 heavy (non-hydrogen) atoms. The van der Waals surface area contributed by atoms with Crippen LogP contribution in [0.1, 0.15) is 17.3 Å². The van der Waals surface area contributed by atoms with Crippen LogP contribution in [0.2, 0.25) is 0 Å². The Morgan fingerprint density at radius 3 is 2.64 bits per heavy atom. The van der Waals surface area contributed by atoms with Crippen LogP contribution in [0.5, 0.6) is 11.5 Å². The highest BCUT2D eigenvalue weighted by Crippen LogP contribution is 2.34. The maximum Gasteiger partial charge on any atom is 0.317 e. The quantitative estimate of drug-likeness (QED) is 0.568. The summed E-state index contributed by atoms with van der Waals surface area (Å²) in [6, 6.07) is 5.16. The zero-order valence-electron chi connectivity index (χ0n) is 11.8. The Hall–Kier alpha value is -3.16. The number of nitrogens with two attached hydrogens (primary N) is 2. The number of benzene rings is 1. The SMILES string of the molecule is CCOc1ccc(O)cc1-c1cc(C(N)=O)c(NC(N)=O)[nH]1. The molecule has 3 amide bonds. The van der Waals surface area contributed by atoms with Gasteiger partial charge < -0.3 is 26.3 Å². The van der Waals surface area contributed by atoms with E-state index >= 15 is 0 Å². The number of nitrogens with one attached hydrogen (secondary N) is 2. The summed E-state index contributed by atoms with van der Waals surface area (Å²) >= 11 is 0. The van der Waals surface area contributed by atoms with Crippen molar-refractivity contribution in [2.75, 3.05) is 11.9 Å². The lowest BCUT2D eigenvalue weighted by Gasteiger charge is -2.09. The Bertz CT molecular complexity index is 724. The number of amides is 3. The highest BCUT2D eigenvalue weighted by molar-refractivity contribution is 6.03. The fraction of sp³-hybridized carbons (Fsp3) is 0.143. The van der Waals surface area contributed by atoms with Gasteiger partial charge in [0.25, 0.3) is 5.91 Å². The van der Waals surface area contributed by atoms with Gasteiger partial charge in [0, 0.05) is 5.56 Å². The number of aromatic amines is 1. The van der Waals surface area contributed by atoms with Crippen molar-refractivity contribution in [3.05, 3.63) is 29.8 Å². The molecule has 116 valence electrons. The lowest BCUT2D eigenvalue weighted by Crippen LogP contribution is -2.22. The van der Waals surface area contributed by atoms with Crippen molar-refractivity contribution in [3.63, 3.8) is 0 Å². The number of aromatic hydroxyl groups is 1. The normalized spacial score (nSPS) is 10.2. The molecule has 0 fully saturated rings. The molecule has 1 aromatic heterocycles. The Kier molecular flexibility index (Phi) is 4.21. The Balaban J connectivity index is 2.55. The van der Waals surface area contributed by atoms with E-state index in [2.05, 4.69) is 10.3 Å². The molecule has 0 aliphatic rings. The van der Waals surface area contributed by atoms with Gasteiger partial charge in [-0.1, -0.05) is 0 Å². The first kappa shape index (κ1) is 15.2. The summed E-state index contributed by atoms with van der Waals surface area (Å²) in [5.41, 5.74) is 11.4. The molecule has 0 bridgehead atoms. The number of carbonyl (C=O) groups excluding carboxylic acids is 2. The van der Waals surface area contributed by atoms with Gasteiger partial charge in [0.05, 0.1) is 17.9 Å². The molecule has 0 aliphatic heterocycles. The van der Waals surface area contributed by atoms with Gasteiger partial charge in [-0.05, 0) is 31.2 Å². The Labute approximate surface area is 126 Å². The maximum absolute atomic E-state index is 11.5. The lowest BCUT2D eigenvalue weighted by molar-refractivity contribution is 0.100. The average molecular weight is 304 g/mol. The molecule has 0 saturated carbocycles. The molecular formula is C14H16N4O4. The topological polar surface area (TPSA) is 143 Å². The molecule has 0 spiro atoms. The third-order valence-electron chi connectivity index (χ3n) is 2.88. The monoisotopic (exact) mass is 304 g/mol. The summed E-state index contributed by atoms with van der Waals surface area (Å²) < 4.78 is 5.48. The van der Waals surface area contributed by atoms with Crippen LogP contribution in [0.25, 0.3) is 11.3 Å². The highest BCUT2D eigenvalue weighted by Gasteiger charge is 2.17. The van der Waals surface area contributed by atoms with Crippen LogP contribution in [0.3, 0.4) is 0 Å². The van der Waals surface area contributed by atoms with E-state index in [9.17, 15) is 14.7 Å². The van der Waals surface area contributed by atoms with E-state index in [-0.39, 0.29) is 17.1 Å². The third-order valence-corrected chi connectivity index (χ3v) is 2.88. The molecule has 0 unspecified atom stereocenters. The minimum atomic E-state index is -0.836. The van der Waals surface area contributed by atoms with E-state index in [1.807, 2.05) is 6.92 Å². The van der Waals surface area contributed by atoms with Crippen molar-refractivity contribution in [2.45, 2.75) is 6.92 Å². The van der Waals surface area contributed by atoms with Gasteiger partial charge in [0.2, 0.25) is 0 Å². The van der Waals surface area contributed by atoms with Gasteiger partial charge in [0.1, 0.15) is 17.3 Å². The standard InChI is InChI=1S/C14H16N4O4/c1-2-22-11-4-3-7(19)5-8(11)10-6-9(12(15)20)13(17-10)18-14(16)21/h3-6,17,19H,2H2,1H3,(H2,15,20)(H3,16,18,21). The maximum atomic E-state index is 11.5. The summed E-state index contributed by atoms with van der Waals surface area (Å²) in [5, 5.41) is 11.9. The largest absolute Gasteiger partial charge is 0.508 e. The number of H-pyrrole nitrogens is 1. The smallest absolute Gasteiger partial charge is 0.317 e. The summed E-state index contributed by atoms with van der Waals surface area (Å²) in [5.74, 6) is -0.119. The lowest BCUT2D eigenvalue weighted by atomic mass is 10.1. The van der Waals surface area contributed by atoms with Gasteiger partial charge in [-0.3, -0.25) is 10.1 Å². The number of anilines is 1. The van der Waals surface area contributed by atoms with Crippen LogP contribution in [0.4, 0.5) is 10.6 Å². The first-order valence-electron chi connectivity index (χ1n) is 6.47. The predicted octanol–water partition coefficient (Wildman–Crippen LogP) is 1.38. The van der Waals surface area contributed by atoms with Crippen LogP contribution in [0.15, 0.2) is 24.3 Å². The second-order valence-electron chi connectivity index (χ2n) is 4.44. The second-order valence-corrected chi connectivity index (χ2v) is 4.44. The van der Waals surface area contributed by atoms with Crippen molar-refractivity contribution in [3.8, 4) is 22.8 Å². The van der Waals surface area contributed by atoms with Crippen LogP contribution >= 0.6 is 0 Å². The zero-order valence-corrected chi connectivity index (χ0v) is 11.8. The molecular weight excluding hydrogens is 288 g/mol. The molecule has 0 radical (unpaired) electrons. The highest BCUT2D eigenvalue weighted by atomic mass is 16.5. The summed E-state index contributed by atoms with van der Waals surface area (Å²) in [6.07, 6.45) is 0. The number of rotatable bonds is 5. The van der Waals surface area contributed by atoms with Crippen molar-refractivity contribution >= 4 is 17.8 Å². The van der Waals surface area contributed by atoms with E-state index in [0.717, 1.165) is 0 Å². The van der Waals surface area contributed by atoms with E-state index in [1.54, 1.807) is 6.07 Å². The number of carbonyl (C=O) groups is 2. The number of primary amides is 2. The Morgan fingerprint density at radius 2 is 2.05 bits per heavy atom. The van der Waals surface area contributed by atoms with Gasteiger partial charge in [0.15, 0.2) is 0 Å². The molecule has 0 atom stereocenters. The second kappa shape index (κ2) is 6.08. The molecule has 1 aromatic carbocycles. The molecule has 2 rings (SSSR count). The first-order chi connectivity index (χ1) is 10.4. The number of hydrogen-bond donors (Lipinski definition) is 5. The molecule has 0 saturated heterocycles. The minimum Gasteiger partial charge on any atom is -0.508 e. The number of ether oxygens (including phenoxy) is 1. The Morgan fingerprint density at radius 1 is 1.32 bits per heavy atom. The number of phenols is 1. The molecule has 8 nitrogen and oxygen atoms in total. The summed E-state index contributed by atoms with van der Waals surface area (Å²) in [7, 11) is 0. The fourth-order valence-electron chi connectivity index (χ4n) is 2.03. The summed E-state index contributed by atoms with van der Waals surface area (Å²) in [6.45, 7) is 2.24. The van der Waals surface area contributed by atoms with Crippen LogP contribution < -0.4 is 21.5 Å². The van der Waals surface area contributed by atoms with Crippen LogP contribution in [0, 0.1) is 0 Å². The molecule has 1 heterocycles. The van der Waals surface area contributed by atoms with E-state index in [4.69, 9.17) is 16.2 Å². The molecule has 0 aliphatic carbocycles. The fourth-order valence-corrected chi connectivity index (χ4v) is 2.03. The average Bonchev–Trinajstić information content (AvgIpc) is 2.84. The minimum absolute atomic E-state index is 0.0260. The molecule has 8 heteroatoms. The summed E-state index contributed by atoms with van der Waals surface area (Å²) in [4.78, 5) is 25.3. The van der Waals surface area contributed by atoms with Crippen molar-refractivity contribution in [1.82, 2.24) is 4.98 Å². The third kappa shape index (κ3) is 3.11. The van der Waals surface area contributed by atoms with Crippen molar-refractivity contribution in [2.24, 2.45) is 11.5 Å². The number of urea groups is 1. The number of phenolic OH excluding ortho intramolecular Hbond substituents is 1. The number of hydrogen-bond acceptors (Lipinski definition) is 4. The van der Waals surface area contributed by atoms with Gasteiger partial charge in [-0.15, -0.1) is 0 Å². The molecule has 7 N–H and O–H groups in total. The van der Waals surface area contributed by atoms with E-state index in [0.29, 0.717) is 23.6 Å². The number of aromatic nitrogens is 1. The van der Waals surface area contributed by atoms with Crippen molar-refractivity contribution < 1.29 is 19.4 Å². The van der Waals surface area contributed by atoms with Crippen molar-refractivity contribution in [1.29, 1.82) is 0 Å². The van der Waals surface area contributed by atoms with Crippen LogP contribution in [-0.2, 0) is 0 Å². The van der Waals surface area contributed by atoms with E-state index in [1.165, 1.54) is 18.2 Å². The predicted molar refractivity (Wildman–Crippen MR) is 80.8 cm³/mol. The van der Waals surface area contributed by atoms with Crippen LogP contribution in [-0.4, -0.2) is 28.6 Å².